The highest BCUT2D eigenvalue weighted by molar-refractivity contribution is 7.99. The van der Waals surface area contributed by atoms with E-state index in [1.807, 2.05) is 54.6 Å². The number of hydrogen-bond donors (Lipinski definition) is 1. The van der Waals surface area contributed by atoms with Crippen LogP contribution in [-0.2, 0) is 22.6 Å². The molecule has 2 aromatic carbocycles. The first-order valence-electron chi connectivity index (χ1n) is 9.00. The lowest BCUT2D eigenvalue weighted by atomic mass is 10.0. The molecule has 1 amide bonds. The molecule has 0 aliphatic heterocycles. The topological polar surface area (TPSA) is 64.0 Å². The van der Waals surface area contributed by atoms with Crippen LogP contribution < -0.4 is 5.32 Å². The molecule has 140 valence electrons. The highest BCUT2D eigenvalue weighted by Crippen LogP contribution is 2.23. The molecule has 0 bridgehead atoms. The quantitative estimate of drug-likeness (QED) is 0.607. The molecule has 3 aromatic rings. The van der Waals surface area contributed by atoms with Crippen LogP contribution in [0.25, 0.3) is 11.0 Å². The second-order valence-corrected chi connectivity index (χ2v) is 7.28. The molecule has 1 atom stereocenters. The number of ketones is 1. The number of imidazole rings is 1. The zero-order chi connectivity index (χ0) is 19.2. The first-order chi connectivity index (χ1) is 13.1. The van der Waals surface area contributed by atoms with Crippen molar-refractivity contribution >= 4 is 34.5 Å². The van der Waals surface area contributed by atoms with Gasteiger partial charge in [-0.15, -0.1) is 0 Å². The number of para-hydroxylation sites is 2. The van der Waals surface area contributed by atoms with Crippen molar-refractivity contribution in [3.05, 3.63) is 60.2 Å². The molecule has 5 nitrogen and oxygen atoms in total. The van der Waals surface area contributed by atoms with Gasteiger partial charge in [0.25, 0.3) is 0 Å². The lowest BCUT2D eigenvalue weighted by Crippen LogP contribution is -2.42. The molecule has 0 aliphatic carbocycles. The molecular weight excluding hydrogens is 358 g/mol. The molecule has 1 N–H and O–H groups in total. The van der Waals surface area contributed by atoms with Gasteiger partial charge >= 0.3 is 0 Å². The van der Waals surface area contributed by atoms with E-state index >= 15 is 0 Å². The number of nitrogens with zero attached hydrogens (tertiary/aromatic N) is 2. The van der Waals surface area contributed by atoms with E-state index in [-0.39, 0.29) is 17.4 Å². The summed E-state index contributed by atoms with van der Waals surface area (Å²) < 4.78 is 2.10. The Morgan fingerprint density at radius 1 is 1.11 bits per heavy atom. The zero-order valence-corrected chi connectivity index (χ0v) is 16.3. The average Bonchev–Trinajstić information content (AvgIpc) is 3.04. The molecule has 0 saturated carbocycles. The molecule has 1 heterocycles. The van der Waals surface area contributed by atoms with Crippen molar-refractivity contribution in [2.75, 3.05) is 5.75 Å². The number of rotatable bonds is 8. The second-order valence-electron chi connectivity index (χ2n) is 6.34. The summed E-state index contributed by atoms with van der Waals surface area (Å²) >= 11 is 1.39. The van der Waals surface area contributed by atoms with Gasteiger partial charge in [-0.2, -0.15) is 0 Å². The predicted molar refractivity (Wildman–Crippen MR) is 109 cm³/mol. The van der Waals surface area contributed by atoms with Crippen LogP contribution in [0.4, 0.5) is 0 Å². The fraction of sp³-hybridized carbons (Fsp3) is 0.286. The number of fused-ring (bicyclic) bond motifs is 1. The standard InChI is InChI=1S/C21H23N3O2S/c1-3-24-19-12-8-7-11-17(19)23-21(24)27-14-20(26)22-18(15(2)25)13-16-9-5-4-6-10-16/h4-12,18H,3,13-14H2,1-2H3,(H,22,26). The Hall–Kier alpha value is -2.60. The van der Waals surface area contributed by atoms with Gasteiger partial charge in [0.2, 0.25) is 5.91 Å². The predicted octanol–water partition coefficient (Wildman–Crippen LogP) is 3.46. The molecule has 0 spiro atoms. The van der Waals surface area contributed by atoms with Gasteiger partial charge in [0, 0.05) is 6.54 Å². The van der Waals surface area contributed by atoms with E-state index in [1.54, 1.807) is 0 Å². The number of Topliss-reactive ketones (excluding diaryl/α,β-unsaturated/α-hetero) is 1. The highest BCUT2D eigenvalue weighted by Gasteiger charge is 2.18. The van der Waals surface area contributed by atoms with Gasteiger partial charge in [-0.05, 0) is 38.0 Å². The van der Waals surface area contributed by atoms with E-state index in [1.165, 1.54) is 18.7 Å². The van der Waals surface area contributed by atoms with Crippen LogP contribution in [0, 0.1) is 0 Å². The molecular formula is C21H23N3O2S. The number of hydrogen-bond acceptors (Lipinski definition) is 4. The number of carbonyl (C=O) groups is 2. The Morgan fingerprint density at radius 3 is 2.52 bits per heavy atom. The van der Waals surface area contributed by atoms with Crippen LogP contribution in [0.3, 0.4) is 0 Å². The van der Waals surface area contributed by atoms with Crippen molar-refractivity contribution in [3.8, 4) is 0 Å². The van der Waals surface area contributed by atoms with Gasteiger partial charge in [0.1, 0.15) is 0 Å². The molecule has 1 aromatic heterocycles. The van der Waals surface area contributed by atoms with E-state index < -0.39 is 6.04 Å². The van der Waals surface area contributed by atoms with E-state index in [0.29, 0.717) is 6.42 Å². The smallest absolute Gasteiger partial charge is 0.231 e. The minimum Gasteiger partial charge on any atom is -0.345 e. The number of benzene rings is 2. The molecule has 6 heteroatoms. The molecule has 3 rings (SSSR count). The van der Waals surface area contributed by atoms with Crippen LogP contribution in [0.15, 0.2) is 59.8 Å². The van der Waals surface area contributed by atoms with Gasteiger partial charge in [-0.1, -0.05) is 54.2 Å². The van der Waals surface area contributed by atoms with Crippen molar-refractivity contribution in [3.63, 3.8) is 0 Å². The van der Waals surface area contributed by atoms with Crippen molar-refractivity contribution in [2.45, 2.75) is 38.0 Å². The third-order valence-electron chi connectivity index (χ3n) is 4.38. The van der Waals surface area contributed by atoms with Gasteiger partial charge < -0.3 is 9.88 Å². The fourth-order valence-electron chi connectivity index (χ4n) is 2.98. The van der Waals surface area contributed by atoms with Crippen LogP contribution in [-0.4, -0.2) is 33.0 Å². The molecule has 27 heavy (non-hydrogen) atoms. The summed E-state index contributed by atoms with van der Waals surface area (Å²) in [5, 5.41) is 3.68. The number of carbonyl (C=O) groups excluding carboxylic acids is 2. The number of nitrogens with one attached hydrogen (secondary N) is 1. The normalized spacial score (nSPS) is 12.1. The number of thioether (sulfide) groups is 1. The average molecular weight is 382 g/mol. The van der Waals surface area contributed by atoms with Crippen molar-refractivity contribution in [1.29, 1.82) is 0 Å². The maximum atomic E-state index is 12.4. The number of aromatic nitrogens is 2. The molecule has 0 saturated heterocycles. The first kappa shape index (κ1) is 19.2. The monoisotopic (exact) mass is 381 g/mol. The summed E-state index contributed by atoms with van der Waals surface area (Å²) in [6.45, 7) is 4.36. The molecule has 0 fully saturated rings. The summed E-state index contributed by atoms with van der Waals surface area (Å²) in [5.74, 6) is 0.0193. The van der Waals surface area contributed by atoms with Gasteiger partial charge in [-0.3, -0.25) is 9.59 Å². The summed E-state index contributed by atoms with van der Waals surface area (Å²) in [6, 6.07) is 17.1. The minimum atomic E-state index is -0.509. The Labute approximate surface area is 163 Å². The lowest BCUT2D eigenvalue weighted by molar-refractivity contribution is -0.125. The maximum absolute atomic E-state index is 12.4. The van der Waals surface area contributed by atoms with E-state index in [0.717, 1.165) is 28.3 Å². The van der Waals surface area contributed by atoms with Crippen molar-refractivity contribution in [2.24, 2.45) is 0 Å². The summed E-state index contributed by atoms with van der Waals surface area (Å²) in [6.07, 6.45) is 0.500. The van der Waals surface area contributed by atoms with Gasteiger partial charge in [-0.25, -0.2) is 4.98 Å². The third kappa shape index (κ3) is 4.77. The summed E-state index contributed by atoms with van der Waals surface area (Å²) in [7, 11) is 0. The van der Waals surface area contributed by atoms with Gasteiger partial charge in [0.05, 0.1) is 22.8 Å². The van der Waals surface area contributed by atoms with Crippen LogP contribution in [0.1, 0.15) is 19.4 Å². The van der Waals surface area contributed by atoms with Crippen molar-refractivity contribution < 1.29 is 9.59 Å². The van der Waals surface area contributed by atoms with Crippen LogP contribution >= 0.6 is 11.8 Å². The van der Waals surface area contributed by atoms with E-state index in [4.69, 9.17) is 0 Å². The van der Waals surface area contributed by atoms with Gasteiger partial charge in [0.15, 0.2) is 10.9 Å². The Morgan fingerprint density at radius 2 is 1.81 bits per heavy atom. The fourth-order valence-corrected chi connectivity index (χ4v) is 3.87. The molecule has 0 aliphatic rings. The van der Waals surface area contributed by atoms with Crippen LogP contribution in [0.2, 0.25) is 0 Å². The molecule has 0 radical (unpaired) electrons. The Bertz CT molecular complexity index is 937. The second kappa shape index (κ2) is 8.86. The number of amides is 1. The summed E-state index contributed by atoms with van der Waals surface area (Å²) in [4.78, 5) is 29.0. The Kier molecular flexibility index (Phi) is 6.29. The minimum absolute atomic E-state index is 0.0435. The number of aryl methyl sites for hydroxylation is 1. The lowest BCUT2D eigenvalue weighted by Gasteiger charge is -2.16. The van der Waals surface area contributed by atoms with E-state index in [9.17, 15) is 9.59 Å². The van der Waals surface area contributed by atoms with Crippen molar-refractivity contribution in [1.82, 2.24) is 14.9 Å². The Balaban J connectivity index is 1.64. The third-order valence-corrected chi connectivity index (χ3v) is 5.35. The SMILES string of the molecule is CCn1c(SCC(=O)NC(Cc2ccccc2)C(C)=O)nc2ccccc21. The van der Waals surface area contributed by atoms with Crippen LogP contribution in [0.5, 0.6) is 0 Å². The highest BCUT2D eigenvalue weighted by atomic mass is 32.2. The zero-order valence-electron chi connectivity index (χ0n) is 15.5. The van der Waals surface area contributed by atoms with E-state index in [2.05, 4.69) is 21.8 Å². The maximum Gasteiger partial charge on any atom is 0.231 e. The largest absolute Gasteiger partial charge is 0.345 e. The molecule has 1 unspecified atom stereocenters. The summed E-state index contributed by atoms with van der Waals surface area (Å²) in [5.41, 5.74) is 3.01. The first-order valence-corrected chi connectivity index (χ1v) is 9.99.